The van der Waals surface area contributed by atoms with Gasteiger partial charge < -0.3 is 25.5 Å². The summed E-state index contributed by atoms with van der Waals surface area (Å²) in [5.74, 6) is -0.202. The summed E-state index contributed by atoms with van der Waals surface area (Å²) < 4.78 is 26.0. The smallest absolute Gasteiger partial charge is 0.314 e. The number of fused-ring (bicyclic) bond motifs is 1. The lowest BCUT2D eigenvalue weighted by Crippen LogP contribution is -2.62. The van der Waals surface area contributed by atoms with E-state index in [4.69, 9.17) is 43.8 Å². The summed E-state index contributed by atoms with van der Waals surface area (Å²) in [4.78, 5) is 19.5. The van der Waals surface area contributed by atoms with E-state index in [1.54, 1.807) is 24.3 Å². The molecule has 1 aromatic carbocycles. The minimum Gasteiger partial charge on any atom is -0.478 e. The molecule has 4 N–H and O–H groups in total. The molecule has 11 heteroatoms. The summed E-state index contributed by atoms with van der Waals surface area (Å²) in [5.41, 5.74) is 14.3. The van der Waals surface area contributed by atoms with Gasteiger partial charge >= 0.3 is 6.03 Å². The third-order valence-electron chi connectivity index (χ3n) is 6.66. The van der Waals surface area contributed by atoms with Crippen molar-refractivity contribution >= 4 is 51.6 Å². The number of pyridine rings is 1. The predicted octanol–water partition coefficient (Wildman–Crippen LogP) is 4.85. The van der Waals surface area contributed by atoms with Gasteiger partial charge in [0.1, 0.15) is 11.9 Å². The van der Waals surface area contributed by atoms with E-state index in [9.17, 15) is 9.18 Å². The molecule has 2 aliphatic heterocycles. The summed E-state index contributed by atoms with van der Waals surface area (Å²) in [5, 5.41) is 0.942. The second kappa shape index (κ2) is 9.22. The Kier molecular flexibility index (Phi) is 6.25. The average Bonchev–Trinajstić information content (AvgIpc) is 3.22. The Balaban J connectivity index is 1.38. The number of hydrogen-bond acceptors (Lipinski definition) is 6. The molecule has 0 spiro atoms. The van der Waals surface area contributed by atoms with Gasteiger partial charge in [-0.1, -0.05) is 29.3 Å². The van der Waals surface area contributed by atoms with E-state index in [1.807, 2.05) is 0 Å². The Labute approximate surface area is 211 Å². The number of carbonyl (C=O) groups excluding carboxylic acids is 1. The standard InChI is InChI=1S/C24H24Cl2FN5O3/c1-12(19-17(25)2-3-18(27)20(19)26)35-22-21-15(8-30-23(22)28)16(11-34-21)13-4-6-31(7-5-13)14-9-32(10-14)24(29)33/h2-4,8,11-12,14H,5-7,9-10H2,1H3,(H2,28,30)(H2,29,33). The van der Waals surface area contributed by atoms with E-state index < -0.39 is 11.9 Å². The number of benzene rings is 1. The van der Waals surface area contributed by atoms with Gasteiger partial charge in [-0.2, -0.15) is 0 Å². The molecule has 0 radical (unpaired) electrons. The molecule has 8 nitrogen and oxygen atoms in total. The zero-order valence-electron chi connectivity index (χ0n) is 18.9. The molecule has 35 heavy (non-hydrogen) atoms. The van der Waals surface area contributed by atoms with Crippen molar-refractivity contribution in [3.05, 3.63) is 57.7 Å². The van der Waals surface area contributed by atoms with Crippen molar-refractivity contribution in [1.82, 2.24) is 14.8 Å². The van der Waals surface area contributed by atoms with Crippen LogP contribution in [0.5, 0.6) is 5.75 Å². The number of urea groups is 1. The number of amides is 2. The van der Waals surface area contributed by atoms with Crippen molar-refractivity contribution in [3.8, 4) is 5.75 Å². The molecule has 2 amide bonds. The van der Waals surface area contributed by atoms with Crippen LogP contribution < -0.4 is 16.2 Å². The first-order valence-electron chi connectivity index (χ1n) is 11.2. The fraction of sp³-hybridized carbons (Fsp3) is 0.333. The van der Waals surface area contributed by atoms with Gasteiger partial charge in [-0.25, -0.2) is 14.2 Å². The molecule has 0 bridgehead atoms. The average molecular weight is 520 g/mol. The number of hydrogen-bond donors (Lipinski definition) is 2. The highest BCUT2D eigenvalue weighted by molar-refractivity contribution is 6.36. The van der Waals surface area contributed by atoms with Crippen molar-refractivity contribution in [2.75, 3.05) is 31.9 Å². The Morgan fingerprint density at radius 2 is 2.11 bits per heavy atom. The summed E-state index contributed by atoms with van der Waals surface area (Å²) in [6.07, 6.45) is 5.59. The highest BCUT2D eigenvalue weighted by atomic mass is 35.5. The van der Waals surface area contributed by atoms with Crippen molar-refractivity contribution in [1.29, 1.82) is 0 Å². The number of halogens is 3. The Bertz CT molecular complexity index is 1340. The second-order valence-corrected chi connectivity index (χ2v) is 9.54. The topological polar surface area (TPSA) is 111 Å². The number of nitrogens with zero attached hydrogens (tertiary/aromatic N) is 3. The van der Waals surface area contributed by atoms with Crippen LogP contribution in [0.1, 0.15) is 30.6 Å². The van der Waals surface area contributed by atoms with Gasteiger partial charge in [0.15, 0.2) is 11.4 Å². The quantitative estimate of drug-likeness (QED) is 0.466. The maximum absolute atomic E-state index is 14.0. The summed E-state index contributed by atoms with van der Waals surface area (Å²) in [6.45, 7) is 4.64. The summed E-state index contributed by atoms with van der Waals surface area (Å²) in [6, 6.07) is 2.58. The molecule has 4 heterocycles. The van der Waals surface area contributed by atoms with Crippen LogP contribution in [0.3, 0.4) is 0 Å². The van der Waals surface area contributed by atoms with Gasteiger partial charge in [0.2, 0.25) is 5.75 Å². The Morgan fingerprint density at radius 1 is 1.34 bits per heavy atom. The zero-order chi connectivity index (χ0) is 24.9. The van der Waals surface area contributed by atoms with Crippen LogP contribution in [-0.4, -0.2) is 53.0 Å². The van der Waals surface area contributed by atoms with Crippen LogP contribution in [-0.2, 0) is 0 Å². The fourth-order valence-electron chi connectivity index (χ4n) is 4.62. The van der Waals surface area contributed by atoms with Gasteiger partial charge in [0, 0.05) is 54.6 Å². The summed E-state index contributed by atoms with van der Waals surface area (Å²) >= 11 is 12.4. The van der Waals surface area contributed by atoms with Crippen LogP contribution in [0, 0.1) is 5.82 Å². The number of anilines is 1. The maximum Gasteiger partial charge on any atom is 0.314 e. The first kappa shape index (κ1) is 23.7. The molecule has 0 aliphatic carbocycles. The largest absolute Gasteiger partial charge is 0.478 e. The van der Waals surface area contributed by atoms with E-state index in [1.165, 1.54) is 12.1 Å². The minimum absolute atomic E-state index is 0.105. The van der Waals surface area contributed by atoms with Gasteiger partial charge in [0.25, 0.3) is 0 Å². The molecule has 184 valence electrons. The lowest BCUT2D eigenvalue weighted by Gasteiger charge is -2.45. The number of aromatic nitrogens is 1. The molecule has 2 aromatic heterocycles. The van der Waals surface area contributed by atoms with Crippen LogP contribution in [0.25, 0.3) is 16.5 Å². The first-order chi connectivity index (χ1) is 16.7. The van der Waals surface area contributed by atoms with Crippen molar-refractivity contribution in [2.24, 2.45) is 5.73 Å². The number of primary amides is 1. The molecule has 1 unspecified atom stereocenters. The van der Waals surface area contributed by atoms with Crippen molar-refractivity contribution < 1.29 is 18.3 Å². The molecule has 5 rings (SSSR count). The second-order valence-electron chi connectivity index (χ2n) is 8.75. The van der Waals surface area contributed by atoms with Gasteiger partial charge in [-0.3, -0.25) is 4.90 Å². The van der Waals surface area contributed by atoms with Crippen molar-refractivity contribution in [3.63, 3.8) is 0 Å². The molecule has 1 fully saturated rings. The molecular formula is C24H24Cl2FN5O3. The van der Waals surface area contributed by atoms with Crippen LogP contribution >= 0.6 is 23.2 Å². The van der Waals surface area contributed by atoms with Crippen molar-refractivity contribution in [2.45, 2.75) is 25.5 Å². The third-order valence-corrected chi connectivity index (χ3v) is 7.37. The van der Waals surface area contributed by atoms with Gasteiger partial charge in [-0.15, -0.1) is 0 Å². The zero-order valence-corrected chi connectivity index (χ0v) is 20.4. The predicted molar refractivity (Wildman–Crippen MR) is 133 cm³/mol. The number of nitrogens with two attached hydrogens (primary N) is 2. The fourth-order valence-corrected chi connectivity index (χ4v) is 5.30. The monoisotopic (exact) mass is 519 g/mol. The highest BCUT2D eigenvalue weighted by Crippen LogP contribution is 2.41. The van der Waals surface area contributed by atoms with E-state index in [0.29, 0.717) is 30.3 Å². The number of carbonyl (C=O) groups is 1. The SMILES string of the molecule is CC(Oc1c(N)ncc2c(C3=CCN(C4CN(C(N)=O)C4)CC3)coc12)c1c(Cl)ccc(F)c1Cl. The van der Waals surface area contributed by atoms with Gasteiger partial charge in [0.05, 0.1) is 16.7 Å². The number of rotatable bonds is 5. The third kappa shape index (κ3) is 4.28. The number of ether oxygens (including phenoxy) is 1. The first-order valence-corrected chi connectivity index (χ1v) is 11.9. The van der Waals surface area contributed by atoms with E-state index in [0.717, 1.165) is 36.0 Å². The lowest BCUT2D eigenvalue weighted by molar-refractivity contribution is 0.0669. The molecule has 0 saturated carbocycles. The van der Waals surface area contributed by atoms with E-state index in [-0.39, 0.29) is 27.6 Å². The molecule has 1 saturated heterocycles. The van der Waals surface area contributed by atoms with Gasteiger partial charge in [-0.05, 0) is 31.1 Å². The van der Waals surface area contributed by atoms with E-state index in [2.05, 4.69) is 16.0 Å². The minimum atomic E-state index is -0.709. The molecule has 1 atom stereocenters. The number of likely N-dealkylation sites (tertiary alicyclic amines) is 1. The highest BCUT2D eigenvalue weighted by Gasteiger charge is 2.34. The summed E-state index contributed by atoms with van der Waals surface area (Å²) in [7, 11) is 0. The van der Waals surface area contributed by atoms with Crippen LogP contribution in [0.2, 0.25) is 10.0 Å². The maximum atomic E-state index is 14.0. The van der Waals surface area contributed by atoms with Crippen LogP contribution in [0.15, 0.2) is 35.1 Å². The molecule has 2 aliphatic rings. The molecule has 3 aromatic rings. The number of furan rings is 1. The van der Waals surface area contributed by atoms with Crippen LogP contribution in [0.4, 0.5) is 15.0 Å². The lowest BCUT2D eigenvalue weighted by atomic mass is 9.97. The normalized spacial score (nSPS) is 17.8. The Morgan fingerprint density at radius 3 is 2.80 bits per heavy atom. The van der Waals surface area contributed by atoms with E-state index >= 15 is 0 Å². The Hall–Kier alpha value is -3.01. The number of nitrogen functional groups attached to an aromatic ring is 1. The molecular weight excluding hydrogens is 496 g/mol.